The van der Waals surface area contributed by atoms with Gasteiger partial charge in [0, 0.05) is 45.3 Å². The standard InChI is InChI=1S/C22H35ClN4O2/c1-16(2)5-8-20(28)22(29)27-11-9-26(10-12-27)21(25-15-23)14-18-7-6-17(3)13-19(18)24-4/h6-7,13,16,20,24,28H,5,8-12,14-15H2,1-4H3/b25-21+. The van der Waals surface area contributed by atoms with Gasteiger partial charge in [-0.2, -0.15) is 0 Å². The largest absolute Gasteiger partial charge is 0.388 e. The van der Waals surface area contributed by atoms with Crippen molar-refractivity contribution in [3.8, 4) is 0 Å². The van der Waals surface area contributed by atoms with Crippen molar-refractivity contribution in [1.29, 1.82) is 0 Å². The van der Waals surface area contributed by atoms with Gasteiger partial charge in [-0.3, -0.25) is 9.79 Å². The van der Waals surface area contributed by atoms with E-state index in [-0.39, 0.29) is 11.9 Å². The molecule has 162 valence electrons. The van der Waals surface area contributed by atoms with Gasteiger partial charge < -0.3 is 20.2 Å². The smallest absolute Gasteiger partial charge is 0.251 e. The van der Waals surface area contributed by atoms with E-state index in [1.54, 1.807) is 4.90 Å². The lowest BCUT2D eigenvalue weighted by Gasteiger charge is -2.37. The molecule has 2 rings (SSSR count). The molecular weight excluding hydrogens is 388 g/mol. The van der Waals surface area contributed by atoms with Gasteiger partial charge in [-0.25, -0.2) is 0 Å². The summed E-state index contributed by atoms with van der Waals surface area (Å²) in [6.45, 7) is 8.84. The third kappa shape index (κ3) is 6.89. The number of nitrogens with one attached hydrogen (secondary N) is 1. The number of aryl methyl sites for hydroxylation is 1. The second kappa shape index (κ2) is 11.4. The van der Waals surface area contributed by atoms with Crippen molar-refractivity contribution in [2.24, 2.45) is 10.9 Å². The van der Waals surface area contributed by atoms with Gasteiger partial charge in [0.25, 0.3) is 5.91 Å². The molecule has 1 aromatic carbocycles. The lowest BCUT2D eigenvalue weighted by molar-refractivity contribution is -0.141. The number of nitrogens with zero attached hydrogens (tertiary/aromatic N) is 3. The van der Waals surface area contributed by atoms with Gasteiger partial charge in [0.15, 0.2) is 0 Å². The first-order chi connectivity index (χ1) is 13.8. The number of anilines is 1. The van der Waals surface area contributed by atoms with Crippen LogP contribution in [0.4, 0.5) is 5.69 Å². The summed E-state index contributed by atoms with van der Waals surface area (Å²) >= 11 is 5.93. The quantitative estimate of drug-likeness (QED) is 0.292. The summed E-state index contributed by atoms with van der Waals surface area (Å²) in [6.07, 6.45) is 1.17. The molecule has 0 spiro atoms. The zero-order valence-electron chi connectivity index (χ0n) is 18.1. The number of benzene rings is 1. The Morgan fingerprint density at radius 3 is 2.45 bits per heavy atom. The van der Waals surface area contributed by atoms with Crippen LogP contribution in [0.3, 0.4) is 0 Å². The first-order valence-electron chi connectivity index (χ1n) is 10.4. The summed E-state index contributed by atoms with van der Waals surface area (Å²) in [7, 11) is 1.92. The molecule has 1 saturated heterocycles. The fourth-order valence-corrected chi connectivity index (χ4v) is 3.73. The summed E-state index contributed by atoms with van der Waals surface area (Å²) in [5, 5.41) is 13.5. The van der Waals surface area contributed by atoms with Crippen LogP contribution in [0.5, 0.6) is 0 Å². The minimum absolute atomic E-state index is 0.155. The number of aliphatic imine (C=N–C) groups is 1. The van der Waals surface area contributed by atoms with Crippen molar-refractivity contribution in [2.75, 3.05) is 44.5 Å². The molecule has 29 heavy (non-hydrogen) atoms. The maximum Gasteiger partial charge on any atom is 0.251 e. The fraction of sp³-hybridized carbons (Fsp3) is 0.636. The van der Waals surface area contributed by atoms with E-state index >= 15 is 0 Å². The monoisotopic (exact) mass is 422 g/mol. The number of hydrogen-bond donors (Lipinski definition) is 2. The number of amides is 1. The van der Waals surface area contributed by atoms with Crippen molar-refractivity contribution >= 4 is 29.0 Å². The minimum atomic E-state index is -0.898. The Kier molecular flexibility index (Phi) is 9.24. The molecule has 0 bridgehead atoms. The first kappa shape index (κ1) is 23.5. The molecule has 0 saturated carbocycles. The molecule has 1 aliphatic heterocycles. The third-order valence-electron chi connectivity index (χ3n) is 5.38. The average Bonchev–Trinajstić information content (AvgIpc) is 2.72. The summed E-state index contributed by atoms with van der Waals surface area (Å²) in [4.78, 5) is 21.0. The topological polar surface area (TPSA) is 68.2 Å². The number of aliphatic hydroxyl groups is 1. The maximum atomic E-state index is 12.5. The van der Waals surface area contributed by atoms with Crippen LogP contribution in [-0.4, -0.2) is 72.0 Å². The summed E-state index contributed by atoms with van der Waals surface area (Å²) < 4.78 is 0. The summed E-state index contributed by atoms with van der Waals surface area (Å²) in [5.41, 5.74) is 3.47. The molecular formula is C22H35ClN4O2. The van der Waals surface area contributed by atoms with E-state index in [1.807, 2.05) is 7.05 Å². The fourth-order valence-electron chi connectivity index (χ4n) is 3.59. The van der Waals surface area contributed by atoms with Crippen LogP contribution in [0.15, 0.2) is 23.2 Å². The molecule has 1 fully saturated rings. The van der Waals surface area contributed by atoms with Crippen LogP contribution < -0.4 is 5.32 Å². The second-order valence-corrected chi connectivity index (χ2v) is 8.32. The zero-order valence-corrected chi connectivity index (χ0v) is 18.9. The molecule has 1 aromatic rings. The average molecular weight is 423 g/mol. The van der Waals surface area contributed by atoms with E-state index in [9.17, 15) is 9.90 Å². The third-order valence-corrected chi connectivity index (χ3v) is 5.50. The van der Waals surface area contributed by atoms with Crippen molar-refractivity contribution in [2.45, 2.75) is 46.1 Å². The number of piperazine rings is 1. The number of halogens is 1. The number of rotatable bonds is 8. The van der Waals surface area contributed by atoms with E-state index in [0.29, 0.717) is 44.9 Å². The molecule has 0 radical (unpaired) electrons. The van der Waals surface area contributed by atoms with Crippen LogP contribution >= 0.6 is 11.6 Å². The van der Waals surface area contributed by atoms with Gasteiger partial charge in [-0.05, 0) is 42.9 Å². The van der Waals surface area contributed by atoms with Crippen molar-refractivity contribution < 1.29 is 9.90 Å². The van der Waals surface area contributed by atoms with Crippen LogP contribution in [-0.2, 0) is 11.2 Å². The van der Waals surface area contributed by atoms with Crippen LogP contribution in [0.25, 0.3) is 0 Å². The number of carbonyl (C=O) groups is 1. The number of carbonyl (C=O) groups excluding carboxylic acids is 1. The molecule has 0 aliphatic carbocycles. The summed E-state index contributed by atoms with van der Waals surface area (Å²) in [6, 6.07) is 6.56. The Balaban J connectivity index is 1.98. The first-order valence-corrected chi connectivity index (χ1v) is 11.0. The second-order valence-electron chi connectivity index (χ2n) is 8.08. The van der Waals surface area contributed by atoms with Crippen molar-refractivity contribution in [1.82, 2.24) is 9.80 Å². The van der Waals surface area contributed by atoms with Crippen molar-refractivity contribution in [3.63, 3.8) is 0 Å². The number of hydrogen-bond acceptors (Lipinski definition) is 4. The number of alkyl halides is 1. The van der Waals surface area contributed by atoms with Crippen molar-refractivity contribution in [3.05, 3.63) is 29.3 Å². The maximum absolute atomic E-state index is 12.5. The van der Waals surface area contributed by atoms with E-state index in [0.717, 1.165) is 17.9 Å². The number of amidine groups is 1. The predicted octanol–water partition coefficient (Wildman–Crippen LogP) is 3.12. The van der Waals surface area contributed by atoms with Crippen LogP contribution in [0, 0.1) is 12.8 Å². The Bertz CT molecular complexity index is 700. The SMILES string of the molecule is CNc1cc(C)ccc1C/C(=N\CCl)N1CCN(C(=O)C(O)CCC(C)C)CC1. The predicted molar refractivity (Wildman–Crippen MR) is 121 cm³/mol. The zero-order chi connectivity index (χ0) is 21.4. The highest BCUT2D eigenvalue weighted by Gasteiger charge is 2.27. The number of aliphatic hydroxyl groups excluding tert-OH is 1. The lowest BCUT2D eigenvalue weighted by atomic mass is 10.0. The molecule has 1 amide bonds. The Labute approximate surface area is 179 Å². The van der Waals surface area contributed by atoms with Gasteiger partial charge >= 0.3 is 0 Å². The van der Waals surface area contributed by atoms with Gasteiger partial charge in [-0.1, -0.05) is 26.0 Å². The van der Waals surface area contributed by atoms with E-state index in [1.165, 1.54) is 11.1 Å². The molecule has 1 aliphatic rings. The molecule has 1 heterocycles. The Morgan fingerprint density at radius 1 is 1.21 bits per heavy atom. The van der Waals surface area contributed by atoms with E-state index in [4.69, 9.17) is 11.6 Å². The highest BCUT2D eigenvalue weighted by molar-refractivity contribution is 6.18. The van der Waals surface area contributed by atoms with Crippen LogP contribution in [0.1, 0.15) is 37.8 Å². The van der Waals surface area contributed by atoms with Crippen LogP contribution in [0.2, 0.25) is 0 Å². The summed E-state index contributed by atoms with van der Waals surface area (Å²) in [5.74, 6) is 1.26. The van der Waals surface area contributed by atoms with Gasteiger partial charge in [0.2, 0.25) is 0 Å². The Hall–Kier alpha value is -1.79. The normalized spacial score (nSPS) is 16.3. The van der Waals surface area contributed by atoms with E-state index in [2.05, 4.69) is 54.2 Å². The highest BCUT2D eigenvalue weighted by Crippen LogP contribution is 2.20. The van der Waals surface area contributed by atoms with Gasteiger partial charge in [0.05, 0.1) is 0 Å². The molecule has 6 nitrogen and oxygen atoms in total. The highest BCUT2D eigenvalue weighted by atomic mass is 35.5. The minimum Gasteiger partial charge on any atom is -0.388 e. The molecule has 2 N–H and O–H groups in total. The van der Waals surface area contributed by atoms with Gasteiger partial charge in [0.1, 0.15) is 17.9 Å². The van der Waals surface area contributed by atoms with Gasteiger partial charge in [-0.15, -0.1) is 11.6 Å². The molecule has 1 atom stereocenters. The molecule has 0 aromatic heterocycles. The van der Waals surface area contributed by atoms with E-state index < -0.39 is 6.10 Å². The molecule has 1 unspecified atom stereocenters. The molecule has 7 heteroatoms. The Morgan fingerprint density at radius 2 is 1.86 bits per heavy atom. The lowest BCUT2D eigenvalue weighted by Crippen LogP contribution is -2.53.